The first-order valence-corrected chi connectivity index (χ1v) is 8.31. The summed E-state index contributed by atoms with van der Waals surface area (Å²) < 4.78 is 0.235. The van der Waals surface area contributed by atoms with Crippen molar-refractivity contribution in [2.24, 2.45) is 17.3 Å². The van der Waals surface area contributed by atoms with Crippen LogP contribution in [0.5, 0.6) is 0 Å². The molecule has 1 heterocycles. The number of amides is 1. The number of allylic oxidation sites excluding steroid dienone is 1. The van der Waals surface area contributed by atoms with Crippen LogP contribution in [0.2, 0.25) is 0 Å². The molecule has 22 heavy (non-hydrogen) atoms. The van der Waals surface area contributed by atoms with Gasteiger partial charge in [-0.3, -0.25) is 9.78 Å². The Morgan fingerprint density at radius 2 is 2.14 bits per heavy atom. The second kappa shape index (κ2) is 7.01. The van der Waals surface area contributed by atoms with Crippen molar-refractivity contribution in [1.82, 2.24) is 10.3 Å². The molecule has 0 radical (unpaired) electrons. The summed E-state index contributed by atoms with van der Waals surface area (Å²) in [4.78, 5) is 16.7. The Labute approximate surface area is 142 Å². The summed E-state index contributed by atoms with van der Waals surface area (Å²) in [6.07, 6.45) is 3.52. The van der Waals surface area contributed by atoms with Crippen LogP contribution in [0.15, 0.2) is 28.8 Å². The van der Waals surface area contributed by atoms with Crippen molar-refractivity contribution in [2.45, 2.75) is 33.6 Å². The maximum atomic E-state index is 12.2. The van der Waals surface area contributed by atoms with Gasteiger partial charge >= 0.3 is 0 Å². The molecule has 2 atom stereocenters. The minimum atomic E-state index is -0.0722. The van der Waals surface area contributed by atoms with Crippen molar-refractivity contribution in [3.8, 4) is 0 Å². The molecule has 1 aromatic heterocycles. The molecule has 2 unspecified atom stereocenters. The summed E-state index contributed by atoms with van der Waals surface area (Å²) in [5.74, 6) is 0.158. The summed E-state index contributed by atoms with van der Waals surface area (Å²) in [6, 6.07) is 6.01. The molecule has 1 amide bonds. The highest BCUT2D eigenvalue weighted by molar-refractivity contribution is 6.55. The third kappa shape index (κ3) is 4.23. The third-order valence-electron chi connectivity index (χ3n) is 4.35. The smallest absolute Gasteiger partial charge is 0.224 e. The Morgan fingerprint density at radius 3 is 2.77 bits per heavy atom. The number of aromatic nitrogens is 1. The van der Waals surface area contributed by atoms with Gasteiger partial charge in [0.15, 0.2) is 0 Å². The van der Waals surface area contributed by atoms with E-state index in [2.05, 4.69) is 24.1 Å². The lowest BCUT2D eigenvalue weighted by Crippen LogP contribution is -2.28. The molecule has 1 fully saturated rings. The number of carbonyl (C=O) groups excluding carboxylic acids is 1. The van der Waals surface area contributed by atoms with E-state index in [1.54, 1.807) is 6.08 Å². The maximum absolute atomic E-state index is 12.2. The van der Waals surface area contributed by atoms with Gasteiger partial charge in [-0.1, -0.05) is 43.1 Å². The molecule has 0 aliphatic heterocycles. The first-order valence-electron chi connectivity index (χ1n) is 7.55. The van der Waals surface area contributed by atoms with Gasteiger partial charge in [0.25, 0.3) is 0 Å². The fourth-order valence-electron chi connectivity index (χ4n) is 2.96. The first-order chi connectivity index (χ1) is 10.3. The van der Waals surface area contributed by atoms with E-state index in [1.807, 2.05) is 25.1 Å². The van der Waals surface area contributed by atoms with E-state index >= 15 is 0 Å². The van der Waals surface area contributed by atoms with Gasteiger partial charge in [-0.15, -0.1) is 0 Å². The molecular formula is C17H22Cl2N2O. The van der Waals surface area contributed by atoms with Gasteiger partial charge in [-0.25, -0.2) is 0 Å². The number of rotatable bonds is 6. The van der Waals surface area contributed by atoms with E-state index in [4.69, 9.17) is 23.2 Å². The summed E-state index contributed by atoms with van der Waals surface area (Å²) >= 11 is 11.4. The largest absolute Gasteiger partial charge is 0.356 e. The summed E-state index contributed by atoms with van der Waals surface area (Å²) in [5.41, 5.74) is 2.02. The predicted molar refractivity (Wildman–Crippen MR) is 90.9 cm³/mol. The van der Waals surface area contributed by atoms with Gasteiger partial charge in [0.05, 0.1) is 5.92 Å². The molecule has 0 saturated heterocycles. The molecule has 0 aromatic carbocycles. The molecule has 0 bridgehead atoms. The van der Waals surface area contributed by atoms with Crippen LogP contribution in [0.25, 0.3) is 0 Å². The van der Waals surface area contributed by atoms with Crippen molar-refractivity contribution >= 4 is 29.1 Å². The van der Waals surface area contributed by atoms with Gasteiger partial charge in [0.1, 0.15) is 4.49 Å². The molecule has 2 rings (SSSR count). The van der Waals surface area contributed by atoms with Crippen molar-refractivity contribution in [1.29, 1.82) is 0 Å². The van der Waals surface area contributed by atoms with Crippen LogP contribution in [0.4, 0.5) is 0 Å². The summed E-state index contributed by atoms with van der Waals surface area (Å²) in [5, 5.41) is 3.01. The molecule has 0 spiro atoms. The van der Waals surface area contributed by atoms with Crippen LogP contribution in [-0.4, -0.2) is 17.4 Å². The van der Waals surface area contributed by atoms with Crippen LogP contribution in [0.1, 0.15) is 31.7 Å². The highest BCUT2D eigenvalue weighted by Gasteiger charge is 2.60. The van der Waals surface area contributed by atoms with Crippen LogP contribution >= 0.6 is 23.2 Å². The van der Waals surface area contributed by atoms with Gasteiger partial charge in [-0.2, -0.15) is 0 Å². The fourth-order valence-corrected chi connectivity index (χ4v) is 3.23. The second-order valence-electron chi connectivity index (χ2n) is 6.45. The molecule has 1 aliphatic rings. The molecular weight excluding hydrogens is 319 g/mol. The maximum Gasteiger partial charge on any atom is 0.224 e. The minimum Gasteiger partial charge on any atom is -0.356 e. The Bertz CT molecular complexity index is 580. The Kier molecular flexibility index (Phi) is 5.51. The van der Waals surface area contributed by atoms with E-state index in [9.17, 15) is 4.79 Å². The highest BCUT2D eigenvalue weighted by atomic mass is 35.5. The SMILES string of the molecule is Cc1cccc(CCCNC(=O)C2C(C=C(Cl)Cl)C2(C)C)n1. The number of carbonyl (C=O) groups is 1. The topological polar surface area (TPSA) is 42.0 Å². The molecule has 5 heteroatoms. The zero-order chi connectivity index (χ0) is 16.3. The van der Waals surface area contributed by atoms with Crippen LogP contribution in [-0.2, 0) is 11.2 Å². The molecule has 1 aliphatic carbocycles. The van der Waals surface area contributed by atoms with Crippen molar-refractivity contribution < 1.29 is 4.79 Å². The molecule has 1 saturated carbocycles. The number of nitrogens with one attached hydrogen (secondary N) is 1. The van der Waals surface area contributed by atoms with Crippen LogP contribution in [0.3, 0.4) is 0 Å². The standard InChI is InChI=1S/C17H22Cl2N2O/c1-11-6-4-7-12(21-11)8-5-9-20-16(22)15-13(10-14(18)19)17(15,2)3/h4,6-7,10,13,15H,5,8-9H2,1-3H3,(H,20,22). The van der Waals surface area contributed by atoms with E-state index in [0.717, 1.165) is 24.2 Å². The van der Waals surface area contributed by atoms with Crippen molar-refractivity contribution in [3.63, 3.8) is 0 Å². The normalized spacial score (nSPS) is 22.0. The molecule has 3 nitrogen and oxygen atoms in total. The number of aryl methyl sites for hydroxylation is 2. The van der Waals surface area contributed by atoms with E-state index in [0.29, 0.717) is 6.54 Å². The predicted octanol–water partition coefficient (Wildman–Crippen LogP) is 4.03. The number of pyridine rings is 1. The van der Waals surface area contributed by atoms with Crippen LogP contribution < -0.4 is 5.32 Å². The minimum absolute atomic E-state index is 0.0444. The van der Waals surface area contributed by atoms with Crippen LogP contribution in [0, 0.1) is 24.2 Å². The number of nitrogens with zero attached hydrogens (tertiary/aromatic N) is 1. The zero-order valence-electron chi connectivity index (χ0n) is 13.2. The third-order valence-corrected chi connectivity index (χ3v) is 4.61. The Morgan fingerprint density at radius 1 is 1.41 bits per heavy atom. The van der Waals surface area contributed by atoms with E-state index < -0.39 is 0 Å². The molecule has 1 aromatic rings. The average molecular weight is 341 g/mol. The summed E-state index contributed by atoms with van der Waals surface area (Å²) in [7, 11) is 0. The average Bonchev–Trinajstić information content (AvgIpc) is 2.95. The monoisotopic (exact) mass is 340 g/mol. The van der Waals surface area contributed by atoms with Crippen molar-refractivity contribution in [2.75, 3.05) is 6.54 Å². The molecule has 1 N–H and O–H groups in total. The lowest BCUT2D eigenvalue weighted by atomic mass is 10.1. The highest BCUT2D eigenvalue weighted by Crippen LogP contribution is 2.59. The Hall–Kier alpha value is -1.06. The number of halogens is 2. The summed E-state index contributed by atoms with van der Waals surface area (Å²) in [6.45, 7) is 6.76. The molecule has 120 valence electrons. The number of hydrogen-bond acceptors (Lipinski definition) is 2. The van der Waals surface area contributed by atoms with Crippen molar-refractivity contribution in [3.05, 3.63) is 40.2 Å². The van der Waals surface area contributed by atoms with Gasteiger partial charge in [0.2, 0.25) is 5.91 Å². The Balaban J connectivity index is 1.76. The van der Waals surface area contributed by atoms with Gasteiger partial charge < -0.3 is 5.32 Å². The first kappa shape index (κ1) is 17.3. The second-order valence-corrected chi connectivity index (χ2v) is 7.45. The zero-order valence-corrected chi connectivity index (χ0v) is 14.7. The van der Waals surface area contributed by atoms with E-state index in [1.165, 1.54) is 0 Å². The van der Waals surface area contributed by atoms with E-state index in [-0.39, 0.29) is 27.6 Å². The van der Waals surface area contributed by atoms with Gasteiger partial charge in [0, 0.05) is 17.9 Å². The quantitative estimate of drug-likeness (QED) is 0.794. The lowest BCUT2D eigenvalue weighted by Gasteiger charge is -2.06. The lowest BCUT2D eigenvalue weighted by molar-refractivity contribution is -0.123. The van der Waals surface area contributed by atoms with Gasteiger partial charge in [-0.05, 0) is 49.3 Å². The fraction of sp³-hybridized carbons (Fsp3) is 0.529. The number of hydrogen-bond donors (Lipinski definition) is 1.